The number of thioether (sulfide) groups is 1. The predicted octanol–water partition coefficient (Wildman–Crippen LogP) is 4.67. The second-order valence-electron chi connectivity index (χ2n) is 8.67. The summed E-state index contributed by atoms with van der Waals surface area (Å²) in [6.45, 7) is 13.3. The van der Waals surface area contributed by atoms with Crippen LogP contribution in [-0.4, -0.2) is 35.3 Å². The van der Waals surface area contributed by atoms with Gasteiger partial charge in [0.2, 0.25) is 5.78 Å². The topological polar surface area (TPSA) is 74.2 Å². The Morgan fingerprint density at radius 1 is 1.18 bits per heavy atom. The molecule has 0 fully saturated rings. The van der Waals surface area contributed by atoms with Gasteiger partial charge in [-0.25, -0.2) is 0 Å². The molecular formula is C25H29N5O2S. The highest BCUT2D eigenvalue weighted by Crippen LogP contribution is 2.24. The first-order chi connectivity index (χ1) is 15.8. The van der Waals surface area contributed by atoms with Gasteiger partial charge in [-0.05, 0) is 44.4 Å². The van der Waals surface area contributed by atoms with Crippen LogP contribution in [0.15, 0.2) is 52.9 Å². The smallest absolute Gasteiger partial charge is 0.262 e. The molecule has 4 aromatic rings. The maximum Gasteiger partial charge on any atom is 0.262 e. The van der Waals surface area contributed by atoms with E-state index >= 15 is 0 Å². The number of fused-ring (bicyclic) bond motifs is 3. The summed E-state index contributed by atoms with van der Waals surface area (Å²) in [4.78, 5) is 26.2. The van der Waals surface area contributed by atoms with Crippen molar-refractivity contribution in [3.8, 4) is 0 Å². The first kappa shape index (κ1) is 23.0. The van der Waals surface area contributed by atoms with Gasteiger partial charge in [0.15, 0.2) is 10.9 Å². The van der Waals surface area contributed by atoms with Crippen molar-refractivity contribution in [3.63, 3.8) is 0 Å². The van der Waals surface area contributed by atoms with Gasteiger partial charge in [-0.2, -0.15) is 0 Å². The molecule has 0 aliphatic carbocycles. The van der Waals surface area contributed by atoms with Crippen molar-refractivity contribution in [2.24, 2.45) is 5.92 Å². The lowest BCUT2D eigenvalue weighted by atomic mass is 10.1. The minimum atomic E-state index is -0.0616. The van der Waals surface area contributed by atoms with Gasteiger partial charge >= 0.3 is 0 Å². The minimum absolute atomic E-state index is 0.0394. The molecule has 3 heterocycles. The van der Waals surface area contributed by atoms with Crippen LogP contribution in [0.1, 0.15) is 42.0 Å². The van der Waals surface area contributed by atoms with E-state index in [1.165, 1.54) is 11.8 Å². The van der Waals surface area contributed by atoms with Crippen molar-refractivity contribution in [1.82, 2.24) is 23.7 Å². The molecule has 33 heavy (non-hydrogen) atoms. The number of carbonyl (C=O) groups excluding carboxylic acids is 1. The molecule has 8 heteroatoms. The number of benzene rings is 1. The third-order valence-electron chi connectivity index (χ3n) is 5.93. The van der Waals surface area contributed by atoms with E-state index in [-0.39, 0.29) is 17.1 Å². The van der Waals surface area contributed by atoms with Gasteiger partial charge in [0.1, 0.15) is 0 Å². The van der Waals surface area contributed by atoms with Gasteiger partial charge < -0.3 is 4.57 Å². The molecule has 0 unspecified atom stereocenters. The van der Waals surface area contributed by atoms with Crippen LogP contribution in [-0.2, 0) is 13.1 Å². The largest absolute Gasteiger partial charge is 0.345 e. The first-order valence-electron chi connectivity index (χ1n) is 11.1. The summed E-state index contributed by atoms with van der Waals surface area (Å²) in [5, 5.41) is 9.93. The summed E-state index contributed by atoms with van der Waals surface area (Å²) in [7, 11) is 0. The Balaban J connectivity index is 1.71. The predicted molar refractivity (Wildman–Crippen MR) is 133 cm³/mol. The first-order valence-corrected chi connectivity index (χ1v) is 12.1. The number of hydrogen-bond acceptors (Lipinski definition) is 5. The normalized spacial score (nSPS) is 11.7. The van der Waals surface area contributed by atoms with Crippen molar-refractivity contribution >= 4 is 34.2 Å². The van der Waals surface area contributed by atoms with E-state index in [9.17, 15) is 9.59 Å². The van der Waals surface area contributed by atoms with Crippen LogP contribution in [0.3, 0.4) is 0 Å². The highest BCUT2D eigenvalue weighted by molar-refractivity contribution is 7.99. The van der Waals surface area contributed by atoms with Crippen molar-refractivity contribution in [2.75, 3.05) is 5.75 Å². The van der Waals surface area contributed by atoms with Crippen LogP contribution < -0.4 is 5.56 Å². The van der Waals surface area contributed by atoms with Gasteiger partial charge in [-0.15, -0.1) is 16.8 Å². The maximum atomic E-state index is 13.2. The summed E-state index contributed by atoms with van der Waals surface area (Å²) >= 11 is 1.35. The van der Waals surface area contributed by atoms with Crippen molar-refractivity contribution in [1.29, 1.82) is 0 Å². The molecule has 4 rings (SSSR count). The van der Waals surface area contributed by atoms with E-state index in [0.717, 1.165) is 28.9 Å². The third-order valence-corrected chi connectivity index (χ3v) is 6.86. The lowest BCUT2D eigenvalue weighted by Gasteiger charge is -2.12. The number of nitrogens with zero attached hydrogens (tertiary/aromatic N) is 5. The number of aryl methyl sites for hydroxylation is 2. The quantitative estimate of drug-likeness (QED) is 0.205. The Kier molecular flexibility index (Phi) is 6.56. The van der Waals surface area contributed by atoms with Gasteiger partial charge in [-0.1, -0.05) is 43.8 Å². The average Bonchev–Trinajstić information content (AvgIpc) is 3.34. The number of para-hydroxylation sites is 1. The molecule has 0 N–H and O–H groups in total. The number of rotatable bonds is 9. The fraction of sp³-hybridized carbons (Fsp3) is 0.360. The van der Waals surface area contributed by atoms with E-state index in [0.29, 0.717) is 35.3 Å². The standard InChI is InChI=1S/C25H29N5O2S/c1-6-12-28-17(4)14-20(18(28)5)22(31)15-33-25-27-26-24-29(13-11-16(2)3)23(32)19-9-7-8-10-21(19)30(24)25/h6-10,14,16H,1,11-13,15H2,2-5H3. The molecule has 0 aliphatic heterocycles. The minimum Gasteiger partial charge on any atom is -0.345 e. The number of ketones is 1. The van der Waals surface area contributed by atoms with Crippen molar-refractivity contribution in [3.05, 3.63) is 70.3 Å². The SMILES string of the molecule is C=CCn1c(C)cc(C(=O)CSc2nnc3n(CCC(C)C)c(=O)c4ccccc4n23)c1C. The molecule has 1 aromatic carbocycles. The maximum absolute atomic E-state index is 13.2. The second-order valence-corrected chi connectivity index (χ2v) is 9.61. The molecule has 172 valence electrons. The average molecular weight is 464 g/mol. The fourth-order valence-electron chi connectivity index (χ4n) is 4.12. The van der Waals surface area contributed by atoms with E-state index in [4.69, 9.17) is 0 Å². The molecule has 7 nitrogen and oxygen atoms in total. The Morgan fingerprint density at radius 2 is 1.94 bits per heavy atom. The molecule has 0 saturated carbocycles. The Labute approximate surface area is 197 Å². The monoisotopic (exact) mass is 463 g/mol. The Bertz CT molecular complexity index is 1410. The molecule has 3 aromatic heterocycles. The zero-order chi connectivity index (χ0) is 23.7. The van der Waals surface area contributed by atoms with E-state index in [1.54, 1.807) is 4.57 Å². The molecule has 0 radical (unpaired) electrons. The van der Waals surface area contributed by atoms with Crippen LogP contribution in [0.5, 0.6) is 0 Å². The molecular weight excluding hydrogens is 434 g/mol. The third kappa shape index (κ3) is 4.27. The number of allylic oxidation sites excluding steroid dienone is 1. The molecule has 0 saturated heterocycles. The van der Waals surface area contributed by atoms with Crippen molar-refractivity contribution < 1.29 is 4.79 Å². The Morgan fingerprint density at radius 3 is 2.67 bits per heavy atom. The number of aromatic nitrogens is 5. The summed E-state index contributed by atoms with van der Waals surface area (Å²) in [5.41, 5.74) is 3.39. The van der Waals surface area contributed by atoms with Gasteiger partial charge in [-0.3, -0.25) is 18.6 Å². The molecule has 0 spiro atoms. The van der Waals surface area contributed by atoms with Gasteiger partial charge in [0.25, 0.3) is 5.56 Å². The molecule has 0 aliphatic rings. The van der Waals surface area contributed by atoms with E-state index in [2.05, 4.69) is 35.2 Å². The highest BCUT2D eigenvalue weighted by Gasteiger charge is 2.20. The van der Waals surface area contributed by atoms with Gasteiger partial charge in [0, 0.05) is 30.0 Å². The highest BCUT2D eigenvalue weighted by atomic mass is 32.2. The zero-order valence-electron chi connectivity index (χ0n) is 19.5. The summed E-state index contributed by atoms with van der Waals surface area (Å²) in [5.74, 6) is 1.24. The Hall–Kier alpha value is -3.13. The van der Waals surface area contributed by atoms with Crippen molar-refractivity contribution in [2.45, 2.75) is 52.4 Å². The number of hydrogen-bond donors (Lipinski definition) is 0. The van der Waals surface area contributed by atoms with Crippen LogP contribution in [0.4, 0.5) is 0 Å². The second kappa shape index (κ2) is 9.39. The number of Topliss-reactive ketones (excluding diaryl/α,β-unsaturated/α-hetero) is 1. The van der Waals surface area contributed by atoms with Crippen LogP contribution in [0.25, 0.3) is 16.7 Å². The van der Waals surface area contributed by atoms with Crippen LogP contribution in [0.2, 0.25) is 0 Å². The summed E-state index contributed by atoms with van der Waals surface area (Å²) in [6, 6.07) is 9.42. The van der Waals surface area contributed by atoms with E-state index < -0.39 is 0 Å². The van der Waals surface area contributed by atoms with Crippen LogP contribution in [0, 0.1) is 19.8 Å². The lowest BCUT2D eigenvalue weighted by molar-refractivity contribution is 0.102. The van der Waals surface area contributed by atoms with Gasteiger partial charge in [0.05, 0.1) is 16.7 Å². The summed E-state index contributed by atoms with van der Waals surface area (Å²) in [6.07, 6.45) is 2.69. The fourth-order valence-corrected chi connectivity index (χ4v) is 4.94. The lowest BCUT2D eigenvalue weighted by Crippen LogP contribution is -2.24. The number of carbonyl (C=O) groups is 1. The molecule has 0 bridgehead atoms. The zero-order valence-corrected chi connectivity index (χ0v) is 20.4. The summed E-state index contributed by atoms with van der Waals surface area (Å²) < 4.78 is 5.68. The van der Waals surface area contributed by atoms with Crippen LogP contribution >= 0.6 is 11.8 Å². The molecule has 0 atom stereocenters. The van der Waals surface area contributed by atoms with E-state index in [1.807, 2.05) is 54.7 Å². The molecule has 0 amide bonds.